The van der Waals surface area contributed by atoms with Crippen LogP contribution in [0.15, 0.2) is 0 Å². The molecule has 13 heavy (non-hydrogen) atoms. The van der Waals surface area contributed by atoms with E-state index in [1.165, 1.54) is 0 Å². The standard InChI is InChI=1S/C7H15NO5/c9-4-1-7(2-5-10,3-6-11)8(12)13/h9-11H,1-6H2. The topological polar surface area (TPSA) is 104 Å². The Morgan fingerprint density at radius 2 is 1.31 bits per heavy atom. The van der Waals surface area contributed by atoms with Crippen molar-refractivity contribution in [3.8, 4) is 0 Å². The maximum atomic E-state index is 10.7. The Kier molecular flexibility index (Phi) is 5.52. The molecule has 6 nitrogen and oxygen atoms in total. The molecule has 0 saturated carbocycles. The number of nitro groups is 1. The molecule has 0 aromatic rings. The summed E-state index contributed by atoms with van der Waals surface area (Å²) in [5, 5.41) is 36.6. The molecule has 0 radical (unpaired) electrons. The maximum absolute atomic E-state index is 10.7. The third-order valence-electron chi connectivity index (χ3n) is 2.12. The van der Waals surface area contributed by atoms with E-state index in [0.717, 1.165) is 0 Å². The molecule has 0 unspecified atom stereocenters. The van der Waals surface area contributed by atoms with Crippen molar-refractivity contribution in [3.63, 3.8) is 0 Å². The van der Waals surface area contributed by atoms with Crippen molar-refractivity contribution >= 4 is 0 Å². The molecule has 0 amide bonds. The van der Waals surface area contributed by atoms with E-state index >= 15 is 0 Å². The van der Waals surface area contributed by atoms with Gasteiger partial charge in [-0.3, -0.25) is 10.1 Å². The average Bonchev–Trinajstić information content (AvgIpc) is 2.05. The number of nitrogens with zero attached hydrogens (tertiary/aromatic N) is 1. The van der Waals surface area contributed by atoms with E-state index in [9.17, 15) is 10.1 Å². The summed E-state index contributed by atoms with van der Waals surface area (Å²) in [6.07, 6.45) is -0.122. The summed E-state index contributed by atoms with van der Waals surface area (Å²) in [5.41, 5.74) is -1.38. The second-order valence-electron chi connectivity index (χ2n) is 2.90. The van der Waals surface area contributed by atoms with Crippen LogP contribution in [0, 0.1) is 10.1 Å². The van der Waals surface area contributed by atoms with Crippen molar-refractivity contribution in [2.24, 2.45) is 0 Å². The number of aliphatic hydroxyl groups excluding tert-OH is 3. The smallest absolute Gasteiger partial charge is 0.228 e. The predicted octanol–water partition coefficient (Wildman–Crippen LogP) is -0.851. The fourth-order valence-electron chi connectivity index (χ4n) is 1.27. The Morgan fingerprint density at radius 3 is 1.46 bits per heavy atom. The van der Waals surface area contributed by atoms with Gasteiger partial charge < -0.3 is 15.3 Å². The van der Waals surface area contributed by atoms with E-state index in [1.807, 2.05) is 0 Å². The molecule has 0 aliphatic carbocycles. The first-order chi connectivity index (χ1) is 6.13. The molecule has 0 aromatic heterocycles. The fourth-order valence-corrected chi connectivity index (χ4v) is 1.27. The van der Waals surface area contributed by atoms with Crippen LogP contribution in [0.1, 0.15) is 19.3 Å². The van der Waals surface area contributed by atoms with Gasteiger partial charge in [0.2, 0.25) is 5.54 Å². The lowest BCUT2D eigenvalue weighted by atomic mass is 9.89. The van der Waals surface area contributed by atoms with Gasteiger partial charge in [-0.15, -0.1) is 0 Å². The van der Waals surface area contributed by atoms with Crippen LogP contribution in [-0.4, -0.2) is 45.6 Å². The van der Waals surface area contributed by atoms with Gasteiger partial charge in [0.15, 0.2) is 0 Å². The van der Waals surface area contributed by atoms with Gasteiger partial charge in [0.25, 0.3) is 0 Å². The third-order valence-corrected chi connectivity index (χ3v) is 2.12. The van der Waals surface area contributed by atoms with Crippen molar-refractivity contribution in [2.45, 2.75) is 24.8 Å². The van der Waals surface area contributed by atoms with Gasteiger partial charge >= 0.3 is 0 Å². The molecular weight excluding hydrogens is 178 g/mol. The van der Waals surface area contributed by atoms with Gasteiger partial charge in [-0.2, -0.15) is 0 Å². The zero-order valence-electron chi connectivity index (χ0n) is 7.35. The summed E-state index contributed by atoms with van der Waals surface area (Å²) in [7, 11) is 0. The zero-order chi connectivity index (χ0) is 10.3. The first kappa shape index (κ1) is 12.3. The minimum atomic E-state index is -1.38. The molecule has 3 N–H and O–H groups in total. The summed E-state index contributed by atoms with van der Waals surface area (Å²) in [4.78, 5) is 10.1. The van der Waals surface area contributed by atoms with Gasteiger partial charge in [0, 0.05) is 44.0 Å². The Hall–Kier alpha value is -0.720. The van der Waals surface area contributed by atoms with Crippen molar-refractivity contribution in [1.82, 2.24) is 0 Å². The van der Waals surface area contributed by atoms with Crippen LogP contribution in [0.3, 0.4) is 0 Å². The maximum Gasteiger partial charge on any atom is 0.228 e. The second-order valence-corrected chi connectivity index (χ2v) is 2.90. The lowest BCUT2D eigenvalue weighted by molar-refractivity contribution is -0.575. The van der Waals surface area contributed by atoms with Gasteiger partial charge in [0.05, 0.1) is 0 Å². The first-order valence-corrected chi connectivity index (χ1v) is 4.10. The molecule has 78 valence electrons. The Morgan fingerprint density at radius 1 is 1.00 bits per heavy atom. The van der Waals surface area contributed by atoms with E-state index < -0.39 is 10.5 Å². The highest BCUT2D eigenvalue weighted by atomic mass is 16.6. The predicted molar refractivity (Wildman–Crippen MR) is 44.8 cm³/mol. The van der Waals surface area contributed by atoms with Gasteiger partial charge in [-0.1, -0.05) is 0 Å². The van der Waals surface area contributed by atoms with Crippen LogP contribution in [0.25, 0.3) is 0 Å². The molecule has 0 saturated heterocycles. The molecule has 0 fully saturated rings. The molecule has 0 rings (SSSR count). The number of rotatable bonds is 7. The highest BCUT2D eigenvalue weighted by molar-refractivity contribution is 4.78. The highest BCUT2D eigenvalue weighted by Gasteiger charge is 2.40. The first-order valence-electron chi connectivity index (χ1n) is 4.10. The van der Waals surface area contributed by atoms with Crippen molar-refractivity contribution in [1.29, 1.82) is 0 Å². The third kappa shape index (κ3) is 3.25. The van der Waals surface area contributed by atoms with Gasteiger partial charge in [-0.05, 0) is 0 Å². The normalized spacial score (nSPS) is 11.6. The molecule has 6 heteroatoms. The summed E-state index contributed by atoms with van der Waals surface area (Å²) in [6, 6.07) is 0. The highest BCUT2D eigenvalue weighted by Crippen LogP contribution is 2.23. The van der Waals surface area contributed by atoms with E-state index in [0.29, 0.717) is 0 Å². The van der Waals surface area contributed by atoms with Crippen LogP contribution in [0.2, 0.25) is 0 Å². The van der Waals surface area contributed by atoms with Crippen molar-refractivity contribution in [2.75, 3.05) is 19.8 Å². The van der Waals surface area contributed by atoms with Crippen molar-refractivity contribution < 1.29 is 20.2 Å². The summed E-state index contributed by atoms with van der Waals surface area (Å²) < 4.78 is 0. The average molecular weight is 193 g/mol. The Labute approximate surface area is 76.0 Å². The van der Waals surface area contributed by atoms with Crippen LogP contribution in [0.5, 0.6) is 0 Å². The Bertz CT molecular complexity index is 144. The molecule has 0 bridgehead atoms. The fraction of sp³-hybridized carbons (Fsp3) is 1.00. The zero-order valence-corrected chi connectivity index (χ0v) is 7.35. The van der Waals surface area contributed by atoms with Crippen LogP contribution >= 0.6 is 0 Å². The van der Waals surface area contributed by atoms with Crippen molar-refractivity contribution in [3.05, 3.63) is 10.1 Å². The van der Waals surface area contributed by atoms with E-state index in [1.54, 1.807) is 0 Å². The minimum Gasteiger partial charge on any atom is -0.396 e. The minimum absolute atomic E-state index is 0.0406. The van der Waals surface area contributed by atoms with E-state index in [2.05, 4.69) is 0 Å². The SMILES string of the molecule is O=[N+]([O-])C(CCO)(CCO)CCO. The lowest BCUT2D eigenvalue weighted by Gasteiger charge is -2.22. The molecule has 0 aliphatic rings. The van der Waals surface area contributed by atoms with Crippen LogP contribution in [0.4, 0.5) is 0 Å². The van der Waals surface area contributed by atoms with Gasteiger partial charge in [0.1, 0.15) is 0 Å². The number of hydrogen-bond donors (Lipinski definition) is 3. The molecule has 0 aliphatic heterocycles. The van der Waals surface area contributed by atoms with Gasteiger partial charge in [-0.25, -0.2) is 0 Å². The second kappa shape index (κ2) is 5.85. The van der Waals surface area contributed by atoms with Crippen LogP contribution in [-0.2, 0) is 0 Å². The van der Waals surface area contributed by atoms with E-state index in [4.69, 9.17) is 15.3 Å². The van der Waals surface area contributed by atoms with Crippen LogP contribution < -0.4 is 0 Å². The summed E-state index contributed by atoms with van der Waals surface area (Å²) >= 11 is 0. The summed E-state index contributed by atoms with van der Waals surface area (Å²) in [5.74, 6) is 0. The molecule has 0 aromatic carbocycles. The van der Waals surface area contributed by atoms with E-state index in [-0.39, 0.29) is 39.1 Å². The number of hydrogen-bond acceptors (Lipinski definition) is 5. The monoisotopic (exact) mass is 193 g/mol. The molecule has 0 spiro atoms. The Balaban J connectivity index is 4.48. The lowest BCUT2D eigenvalue weighted by Crippen LogP contribution is -2.41. The molecular formula is C7H15NO5. The number of aliphatic hydroxyl groups is 3. The largest absolute Gasteiger partial charge is 0.396 e. The quantitative estimate of drug-likeness (QED) is 0.361. The molecule has 0 heterocycles. The summed E-state index contributed by atoms with van der Waals surface area (Å²) in [6.45, 7) is -0.955. The molecule has 0 atom stereocenters.